The first-order valence-electron chi connectivity index (χ1n) is 8.89. The standard InChI is InChI=1S/C19H21N5O2S/c1-12-5-7-14(8-6-12)24-17-15(11-21-24)16-20-9-4-10-23(16)19(22-17)27-13(2)18(25)26-3/h5-8,11,13H,4,9-10H2,1-3H3. The van der Waals surface area contributed by atoms with Gasteiger partial charge in [-0.05, 0) is 32.4 Å². The molecule has 1 aromatic carbocycles. The Hall–Kier alpha value is -2.61. The number of fused-ring (bicyclic) bond motifs is 3. The second-order valence-electron chi connectivity index (χ2n) is 6.52. The zero-order valence-corrected chi connectivity index (χ0v) is 16.4. The molecule has 4 rings (SSSR count). The van der Waals surface area contributed by atoms with Gasteiger partial charge in [-0.3, -0.25) is 9.79 Å². The summed E-state index contributed by atoms with van der Waals surface area (Å²) in [5.41, 5.74) is 3.06. The Kier molecular flexibility index (Phi) is 4.73. The van der Waals surface area contributed by atoms with Gasteiger partial charge in [0.25, 0.3) is 0 Å². The van der Waals surface area contributed by atoms with E-state index in [1.54, 1.807) is 0 Å². The Balaban J connectivity index is 1.78. The van der Waals surface area contributed by atoms with Crippen LogP contribution in [0.2, 0.25) is 0 Å². The molecular weight excluding hydrogens is 362 g/mol. The van der Waals surface area contributed by atoms with Crippen molar-refractivity contribution < 1.29 is 9.53 Å². The summed E-state index contributed by atoms with van der Waals surface area (Å²) in [6.07, 6.45) is 2.78. The SMILES string of the molecule is COC(=O)C(C)SC1=Nc2c(cnn2-c2ccc(C)cc2)C2=NCCCN12. The molecule has 0 bridgehead atoms. The Morgan fingerprint density at radius 1 is 1.30 bits per heavy atom. The molecule has 1 unspecified atom stereocenters. The van der Waals surface area contributed by atoms with Crippen LogP contribution in [0.15, 0.2) is 40.4 Å². The van der Waals surface area contributed by atoms with Gasteiger partial charge in [0, 0.05) is 13.1 Å². The number of methoxy groups -OCH3 is 1. The fourth-order valence-electron chi connectivity index (χ4n) is 3.12. The quantitative estimate of drug-likeness (QED) is 0.762. The second kappa shape index (κ2) is 7.19. The topological polar surface area (TPSA) is 72.1 Å². The lowest BCUT2D eigenvalue weighted by atomic mass is 10.2. The van der Waals surface area contributed by atoms with Gasteiger partial charge in [-0.1, -0.05) is 29.5 Å². The molecule has 0 fully saturated rings. The van der Waals surface area contributed by atoms with Crippen LogP contribution in [0.5, 0.6) is 0 Å². The fourth-order valence-corrected chi connectivity index (χ4v) is 4.07. The molecule has 0 aliphatic carbocycles. The van der Waals surface area contributed by atoms with Gasteiger partial charge in [-0.2, -0.15) is 5.10 Å². The summed E-state index contributed by atoms with van der Waals surface area (Å²) in [5.74, 6) is 1.36. The van der Waals surface area contributed by atoms with Gasteiger partial charge in [0.05, 0.1) is 24.6 Å². The van der Waals surface area contributed by atoms with Crippen LogP contribution in [0.3, 0.4) is 0 Å². The number of benzene rings is 1. The summed E-state index contributed by atoms with van der Waals surface area (Å²) in [4.78, 5) is 23.6. The van der Waals surface area contributed by atoms with Crippen LogP contribution >= 0.6 is 11.8 Å². The molecule has 1 aromatic heterocycles. The molecule has 2 aliphatic rings. The molecule has 0 amide bonds. The van der Waals surface area contributed by atoms with Crippen LogP contribution < -0.4 is 0 Å². The minimum atomic E-state index is -0.353. The molecule has 0 N–H and O–H groups in total. The number of thioether (sulfide) groups is 1. The smallest absolute Gasteiger partial charge is 0.318 e. The lowest BCUT2D eigenvalue weighted by Gasteiger charge is -2.33. The van der Waals surface area contributed by atoms with Crippen LogP contribution in [-0.2, 0) is 9.53 Å². The van der Waals surface area contributed by atoms with E-state index in [-0.39, 0.29) is 11.2 Å². The zero-order chi connectivity index (χ0) is 19.0. The molecule has 2 aliphatic heterocycles. The summed E-state index contributed by atoms with van der Waals surface area (Å²) in [5, 5.41) is 4.96. The van der Waals surface area contributed by atoms with Crippen molar-refractivity contribution in [3.63, 3.8) is 0 Å². The van der Waals surface area contributed by atoms with E-state index in [2.05, 4.69) is 29.1 Å². The highest BCUT2D eigenvalue weighted by molar-refractivity contribution is 8.14. The van der Waals surface area contributed by atoms with Crippen molar-refractivity contribution in [1.29, 1.82) is 0 Å². The predicted octanol–water partition coefficient (Wildman–Crippen LogP) is 2.93. The maximum absolute atomic E-state index is 11.9. The van der Waals surface area contributed by atoms with Crippen molar-refractivity contribution in [2.24, 2.45) is 9.98 Å². The van der Waals surface area contributed by atoms with Crippen molar-refractivity contribution in [2.45, 2.75) is 25.5 Å². The van der Waals surface area contributed by atoms with E-state index >= 15 is 0 Å². The van der Waals surface area contributed by atoms with Crippen molar-refractivity contribution in [2.75, 3.05) is 20.2 Å². The predicted molar refractivity (Wildman–Crippen MR) is 107 cm³/mol. The summed E-state index contributed by atoms with van der Waals surface area (Å²) in [7, 11) is 1.40. The second-order valence-corrected chi connectivity index (χ2v) is 7.83. The number of ether oxygens (including phenoxy) is 1. The summed E-state index contributed by atoms with van der Waals surface area (Å²) < 4.78 is 6.69. The van der Waals surface area contributed by atoms with Crippen molar-refractivity contribution in [3.8, 4) is 5.69 Å². The van der Waals surface area contributed by atoms with E-state index in [0.29, 0.717) is 0 Å². The van der Waals surface area contributed by atoms with E-state index in [9.17, 15) is 4.79 Å². The van der Waals surface area contributed by atoms with Gasteiger partial charge in [0.2, 0.25) is 0 Å². The van der Waals surface area contributed by atoms with Crippen molar-refractivity contribution >= 4 is 34.6 Å². The van der Waals surface area contributed by atoms with Crippen molar-refractivity contribution in [1.82, 2.24) is 14.7 Å². The van der Waals surface area contributed by atoms with E-state index in [0.717, 1.165) is 47.6 Å². The van der Waals surface area contributed by atoms with Gasteiger partial charge in [0.15, 0.2) is 11.0 Å². The van der Waals surface area contributed by atoms with Crippen LogP contribution in [-0.4, -0.2) is 57.1 Å². The Labute approximate surface area is 162 Å². The average molecular weight is 383 g/mol. The van der Waals surface area contributed by atoms with E-state index in [1.807, 2.05) is 29.9 Å². The maximum Gasteiger partial charge on any atom is 0.318 e. The molecule has 7 nitrogen and oxygen atoms in total. The Morgan fingerprint density at radius 2 is 2.07 bits per heavy atom. The third-order valence-electron chi connectivity index (χ3n) is 4.57. The highest BCUT2D eigenvalue weighted by Gasteiger charge is 2.33. The number of aliphatic imine (C=N–C) groups is 2. The number of esters is 1. The van der Waals surface area contributed by atoms with Crippen LogP contribution in [0.25, 0.3) is 5.69 Å². The van der Waals surface area contributed by atoms with E-state index < -0.39 is 0 Å². The largest absolute Gasteiger partial charge is 0.468 e. The number of aryl methyl sites for hydroxylation is 1. The summed E-state index contributed by atoms with van der Waals surface area (Å²) in [6.45, 7) is 5.49. The van der Waals surface area contributed by atoms with Crippen LogP contribution in [0.4, 0.5) is 5.82 Å². The lowest BCUT2D eigenvalue weighted by Crippen LogP contribution is -2.42. The first-order valence-corrected chi connectivity index (χ1v) is 9.77. The lowest BCUT2D eigenvalue weighted by molar-refractivity contribution is -0.139. The van der Waals surface area contributed by atoms with Gasteiger partial charge in [0.1, 0.15) is 11.1 Å². The summed E-state index contributed by atoms with van der Waals surface area (Å²) >= 11 is 1.39. The first-order chi connectivity index (χ1) is 13.1. The maximum atomic E-state index is 11.9. The van der Waals surface area contributed by atoms with Crippen LogP contribution in [0, 0.1) is 6.92 Å². The number of amidine groups is 2. The summed E-state index contributed by atoms with van der Waals surface area (Å²) in [6, 6.07) is 8.15. The Bertz CT molecular complexity index is 932. The van der Waals surface area contributed by atoms with E-state index in [1.165, 1.54) is 24.4 Å². The van der Waals surface area contributed by atoms with Crippen molar-refractivity contribution in [3.05, 3.63) is 41.6 Å². The monoisotopic (exact) mass is 383 g/mol. The number of nitrogens with zero attached hydrogens (tertiary/aromatic N) is 5. The van der Waals surface area contributed by atoms with E-state index in [4.69, 9.17) is 14.7 Å². The van der Waals surface area contributed by atoms with Gasteiger partial charge < -0.3 is 9.64 Å². The van der Waals surface area contributed by atoms with Gasteiger partial charge in [-0.25, -0.2) is 9.67 Å². The number of rotatable bonds is 3. The molecular formula is C19H21N5O2S. The molecule has 140 valence electrons. The molecule has 0 saturated heterocycles. The number of carbonyl (C=O) groups is 1. The molecule has 3 heterocycles. The third kappa shape index (κ3) is 3.25. The first kappa shape index (κ1) is 17.8. The average Bonchev–Trinajstić information content (AvgIpc) is 3.12. The Morgan fingerprint density at radius 3 is 2.81 bits per heavy atom. The molecule has 0 saturated carbocycles. The minimum absolute atomic E-state index is 0.268. The number of hydrogen-bond acceptors (Lipinski definition) is 7. The highest BCUT2D eigenvalue weighted by atomic mass is 32.2. The fraction of sp³-hybridized carbons (Fsp3) is 0.368. The molecule has 8 heteroatoms. The molecule has 27 heavy (non-hydrogen) atoms. The number of hydrogen-bond donors (Lipinski definition) is 0. The third-order valence-corrected chi connectivity index (χ3v) is 5.64. The minimum Gasteiger partial charge on any atom is -0.468 e. The normalized spacial score (nSPS) is 16.8. The molecule has 0 radical (unpaired) electrons. The number of aromatic nitrogens is 2. The molecule has 2 aromatic rings. The molecule has 0 spiro atoms. The van der Waals surface area contributed by atoms with Crippen LogP contribution in [0.1, 0.15) is 24.5 Å². The zero-order valence-electron chi connectivity index (χ0n) is 15.5. The van der Waals surface area contributed by atoms with Gasteiger partial charge >= 0.3 is 5.97 Å². The number of carbonyl (C=O) groups excluding carboxylic acids is 1. The van der Waals surface area contributed by atoms with Gasteiger partial charge in [-0.15, -0.1) is 0 Å². The molecule has 1 atom stereocenters. The highest BCUT2D eigenvalue weighted by Crippen LogP contribution is 2.34.